The molecule has 0 aliphatic carbocycles. The number of hydrogen-bond donors (Lipinski definition) is 1. The van der Waals surface area contributed by atoms with Gasteiger partial charge in [0.25, 0.3) is 0 Å². The van der Waals surface area contributed by atoms with Crippen molar-refractivity contribution < 1.29 is 14.6 Å². The molecule has 0 saturated carbocycles. The average molecular weight is 329 g/mol. The highest BCUT2D eigenvalue weighted by Crippen LogP contribution is 2.23. The van der Waals surface area contributed by atoms with Gasteiger partial charge in [0.2, 0.25) is 0 Å². The number of aliphatic hydroxyl groups is 1. The molecular weight excluding hydrogens is 302 g/mol. The van der Waals surface area contributed by atoms with Gasteiger partial charge in [0.15, 0.2) is 0 Å². The Balaban J connectivity index is 1.84. The summed E-state index contributed by atoms with van der Waals surface area (Å²) in [5, 5.41) is 9.13. The maximum Gasteiger partial charge on any atom is 0.119 e. The lowest BCUT2D eigenvalue weighted by Gasteiger charge is -2.16. The Kier molecular flexibility index (Phi) is 7.72. The van der Waals surface area contributed by atoms with Crippen LogP contribution in [0, 0.1) is 0 Å². The molecule has 0 spiro atoms. The first kappa shape index (κ1) is 18.4. The number of pyridine rings is 1. The Bertz CT molecular complexity index is 575. The van der Waals surface area contributed by atoms with Crippen molar-refractivity contribution in [3.05, 3.63) is 59.4 Å². The van der Waals surface area contributed by atoms with Crippen LogP contribution in [0.1, 0.15) is 43.2 Å². The third-order valence-corrected chi connectivity index (χ3v) is 3.93. The lowest BCUT2D eigenvalue weighted by Crippen LogP contribution is -2.07. The summed E-state index contributed by atoms with van der Waals surface area (Å²) in [6, 6.07) is 12.1. The molecule has 24 heavy (non-hydrogen) atoms. The summed E-state index contributed by atoms with van der Waals surface area (Å²) in [5.74, 6) is 0.836. The van der Waals surface area contributed by atoms with Crippen molar-refractivity contribution in [1.29, 1.82) is 0 Å². The SMILES string of the molecule is CCOC(CCO)c1ccc(OCCc2ccc(CC)cn2)cc1. The quantitative estimate of drug-likeness (QED) is 0.722. The highest BCUT2D eigenvalue weighted by Gasteiger charge is 2.10. The minimum Gasteiger partial charge on any atom is -0.493 e. The molecule has 1 unspecified atom stereocenters. The molecule has 0 saturated heterocycles. The zero-order valence-corrected chi connectivity index (χ0v) is 14.6. The van der Waals surface area contributed by atoms with Gasteiger partial charge in [0.05, 0.1) is 12.7 Å². The van der Waals surface area contributed by atoms with Gasteiger partial charge in [-0.05, 0) is 42.7 Å². The van der Waals surface area contributed by atoms with Crippen LogP contribution in [-0.2, 0) is 17.6 Å². The Morgan fingerprint density at radius 3 is 2.46 bits per heavy atom. The number of aromatic nitrogens is 1. The van der Waals surface area contributed by atoms with Crippen LogP contribution >= 0.6 is 0 Å². The van der Waals surface area contributed by atoms with Gasteiger partial charge >= 0.3 is 0 Å². The fraction of sp³-hybridized carbons (Fsp3) is 0.450. The van der Waals surface area contributed by atoms with E-state index in [1.807, 2.05) is 37.4 Å². The minimum atomic E-state index is -0.0599. The number of hydrogen-bond acceptors (Lipinski definition) is 4. The smallest absolute Gasteiger partial charge is 0.119 e. The first-order valence-electron chi connectivity index (χ1n) is 8.65. The van der Waals surface area contributed by atoms with E-state index in [9.17, 15) is 0 Å². The van der Waals surface area contributed by atoms with Crippen LogP contribution in [0.25, 0.3) is 0 Å². The molecule has 2 rings (SSSR count). The van der Waals surface area contributed by atoms with Gasteiger partial charge in [-0.15, -0.1) is 0 Å². The van der Waals surface area contributed by atoms with Crippen LogP contribution in [0.2, 0.25) is 0 Å². The van der Waals surface area contributed by atoms with Crippen LogP contribution in [0.4, 0.5) is 0 Å². The zero-order chi connectivity index (χ0) is 17.2. The van der Waals surface area contributed by atoms with E-state index in [-0.39, 0.29) is 12.7 Å². The summed E-state index contributed by atoms with van der Waals surface area (Å²) >= 11 is 0. The molecule has 0 amide bonds. The Morgan fingerprint density at radius 2 is 1.88 bits per heavy atom. The summed E-state index contributed by atoms with van der Waals surface area (Å²) in [6.07, 6.45) is 4.27. The van der Waals surface area contributed by atoms with Crippen molar-refractivity contribution >= 4 is 0 Å². The molecule has 2 aromatic rings. The maximum atomic E-state index is 9.13. The Morgan fingerprint density at radius 1 is 1.08 bits per heavy atom. The second kappa shape index (κ2) is 10.1. The minimum absolute atomic E-state index is 0.0599. The second-order valence-electron chi connectivity index (χ2n) is 5.64. The van der Waals surface area contributed by atoms with Crippen molar-refractivity contribution in [2.24, 2.45) is 0 Å². The third-order valence-electron chi connectivity index (χ3n) is 3.93. The zero-order valence-electron chi connectivity index (χ0n) is 14.6. The summed E-state index contributed by atoms with van der Waals surface area (Å²) in [4.78, 5) is 4.44. The molecule has 1 atom stereocenters. The Labute approximate surface area is 144 Å². The molecule has 0 aliphatic heterocycles. The average Bonchev–Trinajstić information content (AvgIpc) is 2.63. The monoisotopic (exact) mass is 329 g/mol. The first-order valence-corrected chi connectivity index (χ1v) is 8.65. The van der Waals surface area contributed by atoms with E-state index in [0.717, 1.165) is 29.8 Å². The van der Waals surface area contributed by atoms with Crippen LogP contribution in [0.3, 0.4) is 0 Å². The topological polar surface area (TPSA) is 51.6 Å². The largest absolute Gasteiger partial charge is 0.493 e. The van der Waals surface area contributed by atoms with Crippen molar-refractivity contribution in [3.63, 3.8) is 0 Å². The molecule has 0 bridgehead atoms. The van der Waals surface area contributed by atoms with Crippen molar-refractivity contribution in [1.82, 2.24) is 4.98 Å². The molecule has 0 aliphatic rings. The van der Waals surface area contributed by atoms with Gasteiger partial charge in [-0.3, -0.25) is 4.98 Å². The van der Waals surface area contributed by atoms with Crippen LogP contribution in [0.5, 0.6) is 5.75 Å². The van der Waals surface area contributed by atoms with E-state index in [1.54, 1.807) is 0 Å². The lowest BCUT2D eigenvalue weighted by atomic mass is 10.1. The van der Waals surface area contributed by atoms with Crippen LogP contribution < -0.4 is 4.74 Å². The van der Waals surface area contributed by atoms with Gasteiger partial charge in [-0.1, -0.05) is 25.1 Å². The number of aryl methyl sites for hydroxylation is 1. The normalized spacial score (nSPS) is 12.1. The molecule has 1 heterocycles. The number of ether oxygens (including phenoxy) is 2. The number of nitrogens with zero attached hydrogens (tertiary/aromatic N) is 1. The van der Waals surface area contributed by atoms with E-state index in [1.165, 1.54) is 5.56 Å². The molecule has 1 N–H and O–H groups in total. The molecule has 1 aromatic heterocycles. The van der Waals surface area contributed by atoms with Crippen molar-refractivity contribution in [3.8, 4) is 5.75 Å². The highest BCUT2D eigenvalue weighted by molar-refractivity contribution is 5.28. The van der Waals surface area contributed by atoms with Crippen LogP contribution in [-0.4, -0.2) is 29.9 Å². The molecule has 4 heteroatoms. The number of aliphatic hydroxyl groups excluding tert-OH is 1. The van der Waals surface area contributed by atoms with Gasteiger partial charge in [0.1, 0.15) is 5.75 Å². The van der Waals surface area contributed by atoms with E-state index < -0.39 is 0 Å². The molecule has 130 valence electrons. The predicted molar refractivity (Wildman–Crippen MR) is 95.3 cm³/mol. The van der Waals surface area contributed by atoms with Crippen LogP contribution in [0.15, 0.2) is 42.6 Å². The predicted octanol–water partition coefficient (Wildman–Crippen LogP) is 3.73. The second-order valence-corrected chi connectivity index (χ2v) is 5.64. The third kappa shape index (κ3) is 5.62. The fourth-order valence-corrected chi connectivity index (χ4v) is 2.53. The standard InChI is InChI=1S/C20H27NO3/c1-3-16-5-8-18(21-15-16)12-14-24-19-9-6-17(7-10-19)20(11-13-22)23-4-2/h5-10,15,20,22H,3-4,11-14H2,1-2H3. The maximum absolute atomic E-state index is 9.13. The molecular formula is C20H27NO3. The van der Waals surface area contributed by atoms with E-state index in [0.29, 0.717) is 19.6 Å². The lowest BCUT2D eigenvalue weighted by molar-refractivity contribution is 0.0432. The van der Waals surface area contributed by atoms with Gasteiger partial charge in [-0.25, -0.2) is 0 Å². The number of benzene rings is 1. The highest BCUT2D eigenvalue weighted by atomic mass is 16.5. The van der Waals surface area contributed by atoms with E-state index in [4.69, 9.17) is 14.6 Å². The van der Waals surface area contributed by atoms with E-state index >= 15 is 0 Å². The Hall–Kier alpha value is -1.91. The van der Waals surface area contributed by atoms with Gasteiger partial charge < -0.3 is 14.6 Å². The molecule has 0 fully saturated rings. The molecule has 4 nitrogen and oxygen atoms in total. The molecule has 1 aromatic carbocycles. The summed E-state index contributed by atoms with van der Waals surface area (Å²) < 4.78 is 11.4. The van der Waals surface area contributed by atoms with Crippen molar-refractivity contribution in [2.75, 3.05) is 19.8 Å². The molecule has 0 radical (unpaired) electrons. The summed E-state index contributed by atoms with van der Waals surface area (Å²) in [6.45, 7) is 5.44. The van der Waals surface area contributed by atoms with Crippen molar-refractivity contribution in [2.45, 2.75) is 39.2 Å². The van der Waals surface area contributed by atoms with Gasteiger partial charge in [-0.2, -0.15) is 0 Å². The summed E-state index contributed by atoms with van der Waals surface area (Å²) in [5.41, 5.74) is 3.36. The van der Waals surface area contributed by atoms with E-state index in [2.05, 4.69) is 24.0 Å². The summed E-state index contributed by atoms with van der Waals surface area (Å²) in [7, 11) is 0. The van der Waals surface area contributed by atoms with Gasteiger partial charge in [0, 0.05) is 37.9 Å². The first-order chi connectivity index (χ1) is 11.8. The number of rotatable bonds is 10. The fourth-order valence-electron chi connectivity index (χ4n) is 2.53.